The van der Waals surface area contributed by atoms with Crippen LogP contribution in [0.1, 0.15) is 5.56 Å². The minimum absolute atomic E-state index is 0.264. The molecule has 1 aromatic carbocycles. The second-order valence-electron chi connectivity index (χ2n) is 2.77. The molecule has 0 heterocycles. The van der Waals surface area contributed by atoms with Gasteiger partial charge in [0, 0.05) is 7.11 Å². The quantitative estimate of drug-likeness (QED) is 0.567. The second kappa shape index (κ2) is 7.70. The van der Waals surface area contributed by atoms with Crippen molar-refractivity contribution in [3.8, 4) is 0 Å². The molecule has 0 spiro atoms. The van der Waals surface area contributed by atoms with Gasteiger partial charge in [0.25, 0.3) is 0 Å². The van der Waals surface area contributed by atoms with E-state index in [-0.39, 0.29) is 6.42 Å². The van der Waals surface area contributed by atoms with Gasteiger partial charge in [-0.1, -0.05) is 30.3 Å². The highest BCUT2D eigenvalue weighted by Crippen LogP contribution is 2.06. The highest BCUT2D eigenvalue weighted by atomic mass is 16.4. The van der Waals surface area contributed by atoms with Crippen molar-refractivity contribution in [2.24, 2.45) is 5.92 Å². The molecule has 0 aliphatic heterocycles. The van der Waals surface area contributed by atoms with Crippen molar-refractivity contribution in [2.45, 2.75) is 6.42 Å². The van der Waals surface area contributed by atoms with E-state index in [0.717, 1.165) is 12.7 Å². The smallest absolute Gasteiger partial charge is 0.314 e. The van der Waals surface area contributed by atoms with Crippen LogP contribution in [0.2, 0.25) is 0 Å². The molecule has 1 atom stereocenters. The Kier molecular flexibility index (Phi) is 6.84. The SMILES string of the molecule is CO.O=CC(Cc1ccccc1)C(=O)O. The van der Waals surface area contributed by atoms with Crippen LogP contribution in [0.3, 0.4) is 0 Å². The lowest BCUT2D eigenvalue weighted by molar-refractivity contribution is -0.143. The Morgan fingerprint density at radius 2 is 1.87 bits per heavy atom. The molecule has 1 rings (SSSR count). The zero-order chi connectivity index (χ0) is 11.7. The van der Waals surface area contributed by atoms with Gasteiger partial charge >= 0.3 is 5.97 Å². The Labute approximate surface area is 88.2 Å². The first-order valence-electron chi connectivity index (χ1n) is 4.41. The van der Waals surface area contributed by atoms with Gasteiger partial charge in [0.1, 0.15) is 12.2 Å². The molecule has 0 fully saturated rings. The maximum atomic E-state index is 10.5. The van der Waals surface area contributed by atoms with E-state index in [1.807, 2.05) is 18.2 Å². The van der Waals surface area contributed by atoms with E-state index in [4.69, 9.17) is 10.2 Å². The molecular weight excluding hydrogens is 196 g/mol. The van der Waals surface area contributed by atoms with E-state index in [1.54, 1.807) is 12.1 Å². The molecule has 15 heavy (non-hydrogen) atoms. The van der Waals surface area contributed by atoms with Crippen LogP contribution in [0.4, 0.5) is 0 Å². The first kappa shape index (κ1) is 13.3. The molecule has 0 saturated carbocycles. The Hall–Kier alpha value is -1.68. The second-order valence-corrected chi connectivity index (χ2v) is 2.77. The molecule has 0 aromatic heterocycles. The van der Waals surface area contributed by atoms with Gasteiger partial charge in [-0.05, 0) is 12.0 Å². The molecule has 4 heteroatoms. The maximum absolute atomic E-state index is 10.5. The van der Waals surface area contributed by atoms with Crippen molar-refractivity contribution in [1.82, 2.24) is 0 Å². The van der Waals surface area contributed by atoms with Crippen LogP contribution in [0.5, 0.6) is 0 Å². The molecule has 4 nitrogen and oxygen atoms in total. The summed E-state index contributed by atoms with van der Waals surface area (Å²) in [5.41, 5.74) is 0.863. The lowest BCUT2D eigenvalue weighted by Crippen LogP contribution is -2.17. The Balaban J connectivity index is 0.000000921. The molecule has 0 bridgehead atoms. The number of rotatable bonds is 4. The van der Waals surface area contributed by atoms with Gasteiger partial charge in [-0.3, -0.25) is 4.79 Å². The van der Waals surface area contributed by atoms with Gasteiger partial charge in [0.05, 0.1) is 0 Å². The van der Waals surface area contributed by atoms with E-state index in [1.165, 1.54) is 0 Å². The lowest BCUT2D eigenvalue weighted by Gasteiger charge is -2.03. The summed E-state index contributed by atoms with van der Waals surface area (Å²) in [4.78, 5) is 20.9. The van der Waals surface area contributed by atoms with Gasteiger partial charge in [-0.25, -0.2) is 0 Å². The standard InChI is InChI=1S/C10H10O3.CH4O/c11-7-9(10(12)13)6-8-4-2-1-3-5-8;1-2/h1-5,7,9H,6H2,(H,12,13);2H,1H3. The van der Waals surface area contributed by atoms with Crippen molar-refractivity contribution in [3.05, 3.63) is 35.9 Å². The van der Waals surface area contributed by atoms with Crippen LogP contribution in [-0.2, 0) is 16.0 Å². The lowest BCUT2D eigenvalue weighted by atomic mass is 10.0. The zero-order valence-electron chi connectivity index (χ0n) is 8.46. The Bertz CT molecular complexity index is 295. The fraction of sp³-hybridized carbons (Fsp3) is 0.273. The summed E-state index contributed by atoms with van der Waals surface area (Å²) in [7, 11) is 1.00. The number of aliphatic hydroxyl groups is 1. The molecule has 82 valence electrons. The van der Waals surface area contributed by atoms with Crippen molar-refractivity contribution in [3.63, 3.8) is 0 Å². The highest BCUT2D eigenvalue weighted by molar-refractivity contribution is 5.86. The van der Waals surface area contributed by atoms with Crippen LogP contribution < -0.4 is 0 Å². The summed E-state index contributed by atoms with van der Waals surface area (Å²) in [6.45, 7) is 0. The molecule has 0 amide bonds. The molecule has 1 unspecified atom stereocenters. The highest BCUT2D eigenvalue weighted by Gasteiger charge is 2.16. The van der Waals surface area contributed by atoms with Crippen LogP contribution in [-0.4, -0.2) is 29.6 Å². The average Bonchev–Trinajstić information content (AvgIpc) is 2.29. The van der Waals surface area contributed by atoms with Gasteiger partial charge in [-0.15, -0.1) is 0 Å². The molecule has 2 N–H and O–H groups in total. The van der Waals surface area contributed by atoms with Crippen molar-refractivity contribution < 1.29 is 19.8 Å². The number of hydrogen-bond acceptors (Lipinski definition) is 3. The summed E-state index contributed by atoms with van der Waals surface area (Å²) < 4.78 is 0. The first-order chi connectivity index (χ1) is 7.24. The molecule has 0 saturated heterocycles. The Morgan fingerprint density at radius 3 is 2.27 bits per heavy atom. The largest absolute Gasteiger partial charge is 0.481 e. The summed E-state index contributed by atoms with van der Waals surface area (Å²) >= 11 is 0. The van der Waals surface area contributed by atoms with Crippen LogP contribution >= 0.6 is 0 Å². The summed E-state index contributed by atoms with van der Waals surface area (Å²) in [6.07, 6.45) is 0.731. The van der Waals surface area contributed by atoms with E-state index >= 15 is 0 Å². The summed E-state index contributed by atoms with van der Waals surface area (Å²) in [5, 5.41) is 15.6. The number of carbonyl (C=O) groups is 2. The molecular formula is C11H14O4. The number of carboxylic acids is 1. The average molecular weight is 210 g/mol. The van der Waals surface area contributed by atoms with Crippen molar-refractivity contribution >= 4 is 12.3 Å². The predicted molar refractivity (Wildman–Crippen MR) is 55.5 cm³/mol. The van der Waals surface area contributed by atoms with Gasteiger partial charge < -0.3 is 15.0 Å². The predicted octanol–water partition coefficient (Wildman–Crippen LogP) is 0.737. The van der Waals surface area contributed by atoms with Crippen molar-refractivity contribution in [1.29, 1.82) is 0 Å². The summed E-state index contributed by atoms with van der Waals surface area (Å²) in [5.74, 6) is -2.00. The van der Waals surface area contributed by atoms with Gasteiger partial charge in [0.2, 0.25) is 0 Å². The van der Waals surface area contributed by atoms with Crippen molar-refractivity contribution in [2.75, 3.05) is 7.11 Å². The fourth-order valence-electron chi connectivity index (χ4n) is 1.06. The maximum Gasteiger partial charge on any atom is 0.314 e. The Morgan fingerprint density at radius 1 is 1.33 bits per heavy atom. The van der Waals surface area contributed by atoms with E-state index in [2.05, 4.69) is 0 Å². The van der Waals surface area contributed by atoms with Crippen LogP contribution in [0.15, 0.2) is 30.3 Å². The minimum atomic E-state index is -1.07. The molecule has 0 aliphatic rings. The third-order valence-corrected chi connectivity index (χ3v) is 1.78. The van der Waals surface area contributed by atoms with E-state index in [9.17, 15) is 9.59 Å². The zero-order valence-corrected chi connectivity index (χ0v) is 8.46. The summed E-state index contributed by atoms with van der Waals surface area (Å²) in [6, 6.07) is 9.09. The third-order valence-electron chi connectivity index (χ3n) is 1.78. The van der Waals surface area contributed by atoms with Gasteiger partial charge in [0.15, 0.2) is 0 Å². The van der Waals surface area contributed by atoms with Gasteiger partial charge in [-0.2, -0.15) is 0 Å². The molecule has 0 radical (unpaired) electrons. The topological polar surface area (TPSA) is 74.6 Å². The fourth-order valence-corrected chi connectivity index (χ4v) is 1.06. The minimum Gasteiger partial charge on any atom is -0.481 e. The van der Waals surface area contributed by atoms with Crippen LogP contribution in [0.25, 0.3) is 0 Å². The number of carboxylic acid groups (broad SMARTS) is 1. The number of benzene rings is 1. The van der Waals surface area contributed by atoms with E-state index in [0.29, 0.717) is 6.29 Å². The number of aliphatic carboxylic acids is 1. The normalized spacial score (nSPS) is 10.8. The number of carbonyl (C=O) groups excluding carboxylic acids is 1. The van der Waals surface area contributed by atoms with Crippen LogP contribution in [0, 0.1) is 5.92 Å². The molecule has 1 aromatic rings. The third kappa shape index (κ3) is 4.93. The number of aliphatic hydroxyl groups excluding tert-OH is 1. The first-order valence-corrected chi connectivity index (χ1v) is 4.41. The monoisotopic (exact) mass is 210 g/mol. The number of aldehydes is 1. The number of hydrogen-bond donors (Lipinski definition) is 2. The molecule has 0 aliphatic carbocycles. The van der Waals surface area contributed by atoms with E-state index < -0.39 is 11.9 Å².